The number of benzene rings is 7. The Morgan fingerprint density at radius 2 is 1.19 bits per heavy atom. The fourth-order valence-electron chi connectivity index (χ4n) is 6.33. The molecule has 9 rings (SSSR count). The summed E-state index contributed by atoms with van der Waals surface area (Å²) < 4.78 is 8.97. The van der Waals surface area contributed by atoms with Gasteiger partial charge in [-0.2, -0.15) is 0 Å². The van der Waals surface area contributed by atoms with Crippen LogP contribution in [0.15, 0.2) is 150 Å². The zero-order chi connectivity index (χ0) is 28.3. The Morgan fingerprint density at radius 3 is 1.93 bits per heavy atom. The van der Waals surface area contributed by atoms with E-state index in [2.05, 4.69) is 126 Å². The number of anilines is 3. The average Bonchev–Trinajstić information content (AvgIpc) is 3.66. The van der Waals surface area contributed by atoms with Crippen molar-refractivity contribution in [1.82, 2.24) is 4.98 Å². The molecule has 0 radical (unpaired) electrons. The van der Waals surface area contributed by atoms with Gasteiger partial charge in [0.2, 0.25) is 0 Å². The van der Waals surface area contributed by atoms with Crippen LogP contribution in [0.4, 0.5) is 17.1 Å². The fraction of sp³-hybridized carbons (Fsp3) is 0. The van der Waals surface area contributed by atoms with E-state index in [1.165, 1.54) is 52.2 Å². The van der Waals surface area contributed by atoms with Crippen LogP contribution in [-0.2, 0) is 0 Å². The van der Waals surface area contributed by atoms with Gasteiger partial charge in [0.05, 0.1) is 0 Å². The molecule has 0 bridgehead atoms. The van der Waals surface area contributed by atoms with Crippen molar-refractivity contribution in [3.8, 4) is 11.5 Å². The summed E-state index contributed by atoms with van der Waals surface area (Å²) in [5, 5.41) is 7.43. The summed E-state index contributed by atoms with van der Waals surface area (Å²) in [6, 6.07) is 52.0. The van der Waals surface area contributed by atoms with E-state index in [0.717, 1.165) is 22.4 Å². The van der Waals surface area contributed by atoms with E-state index in [4.69, 9.17) is 9.40 Å². The fourth-order valence-corrected chi connectivity index (χ4v) is 8.78. The summed E-state index contributed by atoms with van der Waals surface area (Å²) in [6.07, 6.45) is 0. The molecule has 0 atom stereocenters. The van der Waals surface area contributed by atoms with Crippen molar-refractivity contribution < 1.29 is 4.42 Å². The topological polar surface area (TPSA) is 29.3 Å². The third-order valence-electron chi connectivity index (χ3n) is 8.28. The van der Waals surface area contributed by atoms with Crippen LogP contribution in [0.1, 0.15) is 0 Å². The predicted molar refractivity (Wildman–Crippen MR) is 181 cm³/mol. The Labute approximate surface area is 254 Å². The molecule has 0 aliphatic heterocycles. The Balaban J connectivity index is 1.29. The van der Waals surface area contributed by atoms with Gasteiger partial charge in [-0.25, -0.2) is 0 Å². The first-order valence-corrected chi connectivity index (χ1v) is 16.1. The molecule has 0 N–H and O–H groups in total. The Hall–Kier alpha value is -5.15. The first-order chi connectivity index (χ1) is 21.3. The quantitative estimate of drug-likeness (QED) is 0.185. The van der Waals surface area contributed by atoms with E-state index < -0.39 is 0 Å². The normalized spacial score (nSPS) is 11.7. The van der Waals surface area contributed by atoms with Crippen LogP contribution in [0, 0.1) is 0 Å². The van der Waals surface area contributed by atoms with Crippen LogP contribution in [0.3, 0.4) is 0 Å². The van der Waals surface area contributed by atoms with Gasteiger partial charge >= 0.3 is 255 Å². The molecule has 4 heteroatoms. The molecule has 202 valence electrons. The van der Waals surface area contributed by atoms with Crippen molar-refractivity contribution in [3.05, 3.63) is 146 Å². The van der Waals surface area contributed by atoms with Crippen LogP contribution in [-0.4, -0.2) is 19.5 Å². The Kier molecular flexibility index (Phi) is 5.52. The number of oxazole rings is 1. The van der Waals surface area contributed by atoms with Crippen molar-refractivity contribution in [2.45, 2.75) is 0 Å². The molecule has 3 nitrogen and oxygen atoms in total. The molecule has 9 aromatic rings. The van der Waals surface area contributed by atoms with E-state index in [0.29, 0.717) is 5.89 Å². The van der Waals surface area contributed by atoms with E-state index >= 15 is 0 Å². The number of nitrogens with zero attached hydrogens (tertiary/aromatic N) is 2. The van der Waals surface area contributed by atoms with Gasteiger partial charge in [-0.05, 0) is 0 Å². The number of fused-ring (bicyclic) bond motifs is 6. The van der Waals surface area contributed by atoms with E-state index in [1.807, 2.05) is 24.3 Å². The molecule has 43 heavy (non-hydrogen) atoms. The van der Waals surface area contributed by atoms with Gasteiger partial charge in [0.1, 0.15) is 0 Å². The minimum absolute atomic E-state index is 0.159. The van der Waals surface area contributed by atoms with E-state index in [9.17, 15) is 0 Å². The van der Waals surface area contributed by atoms with Crippen molar-refractivity contribution in [2.75, 3.05) is 4.90 Å². The van der Waals surface area contributed by atoms with Gasteiger partial charge in [-0.1, -0.05) is 0 Å². The second-order valence-electron chi connectivity index (χ2n) is 10.8. The molecule has 0 fully saturated rings. The molecule has 0 amide bonds. The van der Waals surface area contributed by atoms with Gasteiger partial charge in [0.25, 0.3) is 0 Å². The van der Waals surface area contributed by atoms with Crippen LogP contribution >= 0.6 is 0 Å². The molecule has 0 aliphatic carbocycles. The number of hydrogen-bond acceptors (Lipinski definition) is 3. The van der Waals surface area contributed by atoms with Gasteiger partial charge in [0, 0.05) is 0 Å². The van der Waals surface area contributed by atoms with Crippen LogP contribution in [0.25, 0.3) is 63.4 Å². The summed E-state index contributed by atoms with van der Waals surface area (Å²) in [5.74, 6) is 0.680. The molecule has 0 unspecified atom stereocenters. The summed E-state index contributed by atoms with van der Waals surface area (Å²) >= 11 is 0.159. The van der Waals surface area contributed by atoms with Gasteiger partial charge in [-0.3, -0.25) is 0 Å². The third-order valence-corrected chi connectivity index (χ3v) is 10.6. The van der Waals surface area contributed by atoms with Crippen molar-refractivity contribution in [2.24, 2.45) is 0 Å². The molecule has 0 saturated carbocycles. The maximum absolute atomic E-state index is 6.24. The summed E-state index contributed by atoms with van der Waals surface area (Å²) in [5.41, 5.74) is 6.26. The number of para-hydroxylation sites is 2. The van der Waals surface area contributed by atoms with Gasteiger partial charge in [0.15, 0.2) is 0 Å². The summed E-state index contributed by atoms with van der Waals surface area (Å²) in [7, 11) is 0. The number of aromatic nitrogens is 1. The van der Waals surface area contributed by atoms with Crippen LogP contribution in [0.2, 0.25) is 0 Å². The van der Waals surface area contributed by atoms with E-state index in [-0.39, 0.29) is 14.5 Å². The SMILES string of the molecule is c1ccc2c(N(c3ccc4c(c3)[se]c3cccc(-c5nc6ccccc6o5)c34)c3cccc4ccccc34)cccc2c1. The molecule has 0 aliphatic rings. The molecule has 0 spiro atoms. The third kappa shape index (κ3) is 3.92. The Morgan fingerprint density at radius 1 is 0.535 bits per heavy atom. The minimum atomic E-state index is 0.159. The first kappa shape index (κ1) is 24.4. The molecular weight excluding hydrogens is 591 g/mol. The standard InChI is InChI=1S/C39H24N2OSe/c1-3-14-28-25(10-1)12-7-18-33(28)41(34-19-8-13-26-11-2-4-15-29(26)34)27-22-23-30-37(24-27)43-36-21-9-16-31(38(30)36)39-40-32-17-5-6-20-35(32)42-39/h1-24H. The summed E-state index contributed by atoms with van der Waals surface area (Å²) in [4.78, 5) is 7.28. The molecule has 0 saturated heterocycles. The zero-order valence-corrected chi connectivity index (χ0v) is 24.8. The summed E-state index contributed by atoms with van der Waals surface area (Å²) in [6.45, 7) is 0. The molecule has 7 aromatic carbocycles. The van der Waals surface area contributed by atoms with Crippen LogP contribution in [0.5, 0.6) is 0 Å². The van der Waals surface area contributed by atoms with Gasteiger partial charge in [-0.15, -0.1) is 0 Å². The predicted octanol–water partition coefficient (Wildman–Crippen LogP) is 10.6. The first-order valence-electron chi connectivity index (χ1n) is 14.4. The number of hydrogen-bond donors (Lipinski definition) is 0. The van der Waals surface area contributed by atoms with Crippen molar-refractivity contribution in [1.29, 1.82) is 0 Å². The molecular formula is C39H24N2OSe. The molecule has 2 heterocycles. The second kappa shape index (κ2) is 9.71. The molecule has 2 aromatic heterocycles. The zero-order valence-electron chi connectivity index (χ0n) is 23.1. The van der Waals surface area contributed by atoms with Gasteiger partial charge < -0.3 is 0 Å². The van der Waals surface area contributed by atoms with Crippen molar-refractivity contribution in [3.63, 3.8) is 0 Å². The van der Waals surface area contributed by atoms with Crippen LogP contribution < -0.4 is 4.90 Å². The van der Waals surface area contributed by atoms with Crippen molar-refractivity contribution >= 4 is 83.5 Å². The monoisotopic (exact) mass is 616 g/mol. The van der Waals surface area contributed by atoms with E-state index in [1.54, 1.807) is 0 Å². The number of rotatable bonds is 4. The Bertz CT molecular complexity index is 2370. The average molecular weight is 616 g/mol. The maximum atomic E-state index is 6.24. The second-order valence-corrected chi connectivity index (χ2v) is 13.1.